The van der Waals surface area contributed by atoms with Gasteiger partial charge in [-0.3, -0.25) is 4.98 Å². The second-order valence-corrected chi connectivity index (χ2v) is 3.33. The van der Waals surface area contributed by atoms with Crippen LogP contribution in [0.5, 0.6) is 0 Å². The molecule has 1 nitrogen and oxygen atoms in total. The van der Waals surface area contributed by atoms with E-state index in [4.69, 9.17) is 0 Å². The van der Waals surface area contributed by atoms with Gasteiger partial charge in [0.15, 0.2) is 0 Å². The van der Waals surface area contributed by atoms with Crippen LogP contribution in [0, 0.1) is 13.0 Å². The van der Waals surface area contributed by atoms with Crippen molar-refractivity contribution in [2.75, 3.05) is 0 Å². The zero-order valence-electron chi connectivity index (χ0n) is 8.53. The molecule has 2 aromatic rings. The first-order chi connectivity index (χ1) is 6.84. The van der Waals surface area contributed by atoms with Crippen LogP contribution in [0.3, 0.4) is 0 Å². The van der Waals surface area contributed by atoms with Crippen LogP contribution in [-0.4, -0.2) is 4.98 Å². The van der Waals surface area contributed by atoms with E-state index >= 15 is 0 Å². The molecule has 1 aromatic heterocycles. The van der Waals surface area contributed by atoms with E-state index in [0.29, 0.717) is 0 Å². The largest absolute Gasteiger partial charge is 0.258 e. The molecule has 0 N–H and O–H groups in total. The van der Waals surface area contributed by atoms with E-state index in [0.717, 1.165) is 17.8 Å². The standard InChI is InChI=1S/C13H12N.Ir/c1-11-6-5-9-13(14-11)10-12-7-3-2-4-8-12;/h2-7,9H,10H2,1H3;/q-1;. The molecule has 2 rings (SSSR count). The number of hydrogen-bond acceptors (Lipinski definition) is 1. The van der Waals surface area contributed by atoms with Crippen LogP contribution in [0.25, 0.3) is 0 Å². The third kappa shape index (κ3) is 3.58. The molecule has 0 fully saturated rings. The first-order valence-corrected chi connectivity index (χ1v) is 4.73. The average Bonchev–Trinajstić information content (AvgIpc) is 2.19. The van der Waals surface area contributed by atoms with Crippen molar-refractivity contribution in [1.29, 1.82) is 0 Å². The van der Waals surface area contributed by atoms with Crippen LogP contribution in [0.4, 0.5) is 0 Å². The van der Waals surface area contributed by atoms with Gasteiger partial charge in [0.25, 0.3) is 0 Å². The molecule has 0 spiro atoms. The fourth-order valence-corrected chi connectivity index (χ4v) is 1.43. The van der Waals surface area contributed by atoms with Gasteiger partial charge in [0.05, 0.1) is 0 Å². The zero-order valence-corrected chi connectivity index (χ0v) is 10.9. The molecule has 0 aliphatic rings. The number of hydrogen-bond donors (Lipinski definition) is 0. The summed E-state index contributed by atoms with van der Waals surface area (Å²) in [4.78, 5) is 4.45. The Morgan fingerprint density at radius 3 is 2.67 bits per heavy atom. The molecule has 0 aliphatic carbocycles. The van der Waals surface area contributed by atoms with Gasteiger partial charge in [0.2, 0.25) is 0 Å². The minimum absolute atomic E-state index is 0. The molecule has 79 valence electrons. The summed E-state index contributed by atoms with van der Waals surface area (Å²) in [6.45, 7) is 2.01. The normalized spacial score (nSPS) is 9.40. The summed E-state index contributed by atoms with van der Waals surface area (Å²) >= 11 is 0. The monoisotopic (exact) mass is 375 g/mol. The summed E-state index contributed by atoms with van der Waals surface area (Å²) < 4.78 is 0. The molecule has 0 unspecified atom stereocenters. The molecule has 1 aromatic carbocycles. The third-order valence-corrected chi connectivity index (χ3v) is 2.09. The van der Waals surface area contributed by atoms with Gasteiger partial charge in [0, 0.05) is 31.5 Å². The van der Waals surface area contributed by atoms with Crippen molar-refractivity contribution >= 4 is 0 Å². The number of aromatic nitrogens is 1. The van der Waals surface area contributed by atoms with Crippen LogP contribution in [0.2, 0.25) is 0 Å². The first kappa shape index (κ1) is 12.1. The Labute approximate surface area is 104 Å². The number of pyridine rings is 1. The Balaban J connectivity index is 0.00000112. The summed E-state index contributed by atoms with van der Waals surface area (Å²) in [5.74, 6) is 0. The molecular formula is C13H12IrN-. The SMILES string of the molecule is Cc1cccc(Cc2[c-]cccc2)n1.[Ir]. The second-order valence-electron chi connectivity index (χ2n) is 3.33. The molecular weight excluding hydrogens is 362 g/mol. The summed E-state index contributed by atoms with van der Waals surface area (Å²) in [6, 6.07) is 17.3. The molecule has 0 saturated carbocycles. The third-order valence-electron chi connectivity index (χ3n) is 2.09. The molecule has 0 aliphatic heterocycles. The van der Waals surface area contributed by atoms with Gasteiger partial charge in [-0.15, -0.1) is 0 Å². The molecule has 0 amide bonds. The van der Waals surface area contributed by atoms with Gasteiger partial charge < -0.3 is 0 Å². The predicted octanol–water partition coefficient (Wildman–Crippen LogP) is 2.78. The molecule has 2 heteroatoms. The van der Waals surface area contributed by atoms with Crippen LogP contribution in [-0.2, 0) is 26.5 Å². The topological polar surface area (TPSA) is 12.9 Å². The fourth-order valence-electron chi connectivity index (χ4n) is 1.43. The maximum absolute atomic E-state index is 4.45. The van der Waals surface area contributed by atoms with E-state index in [1.807, 2.05) is 43.3 Å². The quantitative estimate of drug-likeness (QED) is 0.737. The van der Waals surface area contributed by atoms with Crippen molar-refractivity contribution in [1.82, 2.24) is 4.98 Å². The molecule has 15 heavy (non-hydrogen) atoms. The van der Waals surface area contributed by atoms with E-state index in [9.17, 15) is 0 Å². The van der Waals surface area contributed by atoms with E-state index in [1.165, 1.54) is 5.56 Å². The van der Waals surface area contributed by atoms with Crippen molar-refractivity contribution in [3.8, 4) is 0 Å². The van der Waals surface area contributed by atoms with Gasteiger partial charge in [-0.25, -0.2) is 0 Å². The van der Waals surface area contributed by atoms with Crippen LogP contribution >= 0.6 is 0 Å². The zero-order chi connectivity index (χ0) is 9.80. The van der Waals surface area contributed by atoms with Gasteiger partial charge in [-0.05, 0) is 25.5 Å². The number of aryl methyl sites for hydroxylation is 1. The van der Waals surface area contributed by atoms with E-state index < -0.39 is 0 Å². The van der Waals surface area contributed by atoms with Gasteiger partial charge >= 0.3 is 0 Å². The predicted molar refractivity (Wildman–Crippen MR) is 57.1 cm³/mol. The van der Waals surface area contributed by atoms with E-state index in [-0.39, 0.29) is 20.1 Å². The van der Waals surface area contributed by atoms with Crippen molar-refractivity contribution in [3.63, 3.8) is 0 Å². The van der Waals surface area contributed by atoms with Crippen molar-refractivity contribution in [2.45, 2.75) is 13.3 Å². The molecule has 0 bridgehead atoms. The number of benzene rings is 1. The summed E-state index contributed by atoms with van der Waals surface area (Å²) in [5.41, 5.74) is 3.36. The van der Waals surface area contributed by atoms with Crippen LogP contribution in [0.15, 0.2) is 42.5 Å². The first-order valence-electron chi connectivity index (χ1n) is 4.73. The Morgan fingerprint density at radius 2 is 2.00 bits per heavy atom. The van der Waals surface area contributed by atoms with E-state index in [2.05, 4.69) is 17.1 Å². The fraction of sp³-hybridized carbons (Fsp3) is 0.154. The minimum atomic E-state index is 0. The minimum Gasteiger partial charge on any atom is -0.258 e. The molecule has 1 radical (unpaired) electrons. The van der Waals surface area contributed by atoms with Crippen molar-refractivity contribution < 1.29 is 20.1 Å². The van der Waals surface area contributed by atoms with Crippen LogP contribution < -0.4 is 0 Å². The maximum atomic E-state index is 4.45. The number of nitrogens with zero attached hydrogens (tertiary/aromatic N) is 1. The Bertz CT molecular complexity index is 412. The maximum Gasteiger partial charge on any atom is 0.0429 e. The smallest absolute Gasteiger partial charge is 0.0429 e. The summed E-state index contributed by atoms with van der Waals surface area (Å²) in [7, 11) is 0. The summed E-state index contributed by atoms with van der Waals surface area (Å²) in [5, 5.41) is 0. The average molecular weight is 374 g/mol. The van der Waals surface area contributed by atoms with Gasteiger partial charge in [0.1, 0.15) is 0 Å². The van der Waals surface area contributed by atoms with Gasteiger partial charge in [-0.2, -0.15) is 35.9 Å². The van der Waals surface area contributed by atoms with Crippen molar-refractivity contribution in [3.05, 3.63) is 65.5 Å². The number of rotatable bonds is 2. The second kappa shape index (κ2) is 5.79. The molecule has 0 atom stereocenters. The summed E-state index contributed by atoms with van der Waals surface area (Å²) in [6.07, 6.45) is 0.864. The molecule has 1 heterocycles. The Morgan fingerprint density at radius 1 is 1.13 bits per heavy atom. The molecule has 0 saturated heterocycles. The van der Waals surface area contributed by atoms with E-state index in [1.54, 1.807) is 0 Å². The Hall–Kier alpha value is -0.981. The van der Waals surface area contributed by atoms with Gasteiger partial charge in [-0.1, -0.05) is 6.07 Å². The van der Waals surface area contributed by atoms with Crippen molar-refractivity contribution in [2.24, 2.45) is 0 Å². The van der Waals surface area contributed by atoms with Crippen LogP contribution in [0.1, 0.15) is 17.0 Å². The Kier molecular flexibility index (Phi) is 4.67.